The Morgan fingerprint density at radius 1 is 0.897 bits per heavy atom. The molecule has 5 heteroatoms. The number of carbonyl (C=O) groups is 3. The zero-order valence-corrected chi connectivity index (χ0v) is 18.6. The number of fused-ring (bicyclic) bond motifs is 5. The summed E-state index contributed by atoms with van der Waals surface area (Å²) in [6.45, 7) is 9.76. The molecule has 0 aromatic rings. The third-order valence-corrected chi connectivity index (χ3v) is 9.73. The average molecular weight is 405 g/mol. The van der Waals surface area contributed by atoms with Crippen LogP contribution in [0.4, 0.5) is 0 Å². The van der Waals surface area contributed by atoms with Crippen LogP contribution in [-0.4, -0.2) is 29.9 Å². The molecule has 0 spiro atoms. The van der Waals surface area contributed by atoms with Gasteiger partial charge in [0.2, 0.25) is 0 Å². The van der Waals surface area contributed by atoms with Crippen molar-refractivity contribution in [2.24, 2.45) is 34.0 Å². The van der Waals surface area contributed by atoms with Crippen LogP contribution >= 0.6 is 0 Å². The summed E-state index contributed by atoms with van der Waals surface area (Å²) in [4.78, 5) is 36.6. The maximum Gasteiger partial charge on any atom is 0.302 e. The lowest BCUT2D eigenvalue weighted by atomic mass is 9.55. The second-order valence-corrected chi connectivity index (χ2v) is 10.9. The maximum atomic E-state index is 13.5. The van der Waals surface area contributed by atoms with Gasteiger partial charge in [-0.25, -0.2) is 0 Å². The predicted molar refractivity (Wildman–Crippen MR) is 108 cm³/mol. The third kappa shape index (κ3) is 2.97. The summed E-state index contributed by atoms with van der Waals surface area (Å²) < 4.78 is 11.2. The molecule has 4 aliphatic carbocycles. The van der Waals surface area contributed by atoms with Crippen LogP contribution in [0.5, 0.6) is 0 Å². The Hall–Kier alpha value is -1.39. The molecule has 0 radical (unpaired) electrons. The van der Waals surface area contributed by atoms with Crippen molar-refractivity contribution < 1.29 is 23.9 Å². The Balaban J connectivity index is 1.62. The highest BCUT2D eigenvalue weighted by Crippen LogP contribution is 2.71. The van der Waals surface area contributed by atoms with Gasteiger partial charge in [-0.3, -0.25) is 14.4 Å². The molecular weight excluding hydrogens is 368 g/mol. The second-order valence-electron chi connectivity index (χ2n) is 10.9. The molecule has 0 heterocycles. The van der Waals surface area contributed by atoms with E-state index in [9.17, 15) is 14.4 Å². The highest BCUT2D eigenvalue weighted by Gasteiger charge is 2.68. The van der Waals surface area contributed by atoms with Gasteiger partial charge in [0, 0.05) is 31.1 Å². The van der Waals surface area contributed by atoms with Gasteiger partial charge < -0.3 is 9.47 Å². The van der Waals surface area contributed by atoms with E-state index in [-0.39, 0.29) is 46.2 Å². The first-order valence-corrected chi connectivity index (χ1v) is 11.4. The lowest BCUT2D eigenvalue weighted by Crippen LogP contribution is -2.46. The number of ketones is 1. The molecule has 5 nitrogen and oxygen atoms in total. The fraction of sp³-hybridized carbons (Fsp3) is 0.875. The highest BCUT2D eigenvalue weighted by molar-refractivity contribution is 5.87. The van der Waals surface area contributed by atoms with Gasteiger partial charge in [0.15, 0.2) is 0 Å². The summed E-state index contributed by atoms with van der Waals surface area (Å²) in [7, 11) is 0. The molecule has 0 unspecified atom stereocenters. The molecule has 4 aliphatic rings. The Morgan fingerprint density at radius 3 is 2.24 bits per heavy atom. The van der Waals surface area contributed by atoms with Crippen molar-refractivity contribution in [1.29, 1.82) is 0 Å². The lowest BCUT2D eigenvalue weighted by Gasteiger charge is -2.50. The van der Waals surface area contributed by atoms with Gasteiger partial charge in [-0.15, -0.1) is 0 Å². The Bertz CT molecular complexity index is 731. The number of hydrogen-bond donors (Lipinski definition) is 0. The smallest absolute Gasteiger partial charge is 0.302 e. The van der Waals surface area contributed by atoms with Crippen molar-refractivity contribution in [3.8, 4) is 0 Å². The van der Waals surface area contributed by atoms with Crippen LogP contribution in [0.25, 0.3) is 0 Å². The van der Waals surface area contributed by atoms with Gasteiger partial charge in [0.1, 0.15) is 18.0 Å². The summed E-state index contributed by atoms with van der Waals surface area (Å²) in [6.07, 6.45) is 6.91. The number of rotatable bonds is 2. The molecule has 4 saturated carbocycles. The minimum atomic E-state index is -0.359. The van der Waals surface area contributed by atoms with Gasteiger partial charge in [-0.05, 0) is 68.1 Å². The van der Waals surface area contributed by atoms with Crippen molar-refractivity contribution in [2.75, 3.05) is 0 Å². The molecule has 0 amide bonds. The minimum Gasteiger partial charge on any atom is -0.462 e. The number of carbonyl (C=O) groups excluding carboxylic acids is 3. The molecule has 4 rings (SSSR count). The molecule has 0 aliphatic heterocycles. The van der Waals surface area contributed by atoms with E-state index in [1.54, 1.807) is 0 Å². The van der Waals surface area contributed by atoms with Crippen LogP contribution in [0.15, 0.2) is 0 Å². The predicted octanol–water partition coefficient (Wildman–Crippen LogP) is 4.46. The first-order valence-electron chi connectivity index (χ1n) is 11.4. The fourth-order valence-corrected chi connectivity index (χ4v) is 8.05. The van der Waals surface area contributed by atoms with Gasteiger partial charge in [-0.2, -0.15) is 0 Å². The summed E-state index contributed by atoms with van der Waals surface area (Å²) in [5, 5.41) is 0. The number of hydrogen-bond acceptors (Lipinski definition) is 5. The van der Waals surface area contributed by atoms with Crippen molar-refractivity contribution in [3.63, 3.8) is 0 Å². The van der Waals surface area contributed by atoms with Crippen molar-refractivity contribution >= 4 is 17.7 Å². The molecule has 0 bridgehead atoms. The van der Waals surface area contributed by atoms with E-state index in [1.165, 1.54) is 13.8 Å². The topological polar surface area (TPSA) is 69.7 Å². The molecule has 4 fully saturated rings. The zero-order chi connectivity index (χ0) is 21.2. The normalized spacial score (nSPS) is 48.9. The third-order valence-electron chi connectivity index (χ3n) is 9.73. The number of esters is 2. The van der Waals surface area contributed by atoms with Gasteiger partial charge in [0.05, 0.1) is 0 Å². The van der Waals surface area contributed by atoms with Crippen LogP contribution < -0.4 is 0 Å². The molecule has 29 heavy (non-hydrogen) atoms. The zero-order valence-electron chi connectivity index (χ0n) is 18.6. The minimum absolute atomic E-state index is 0.0148. The quantitative estimate of drug-likeness (QED) is 0.636. The van der Waals surface area contributed by atoms with Gasteiger partial charge in [-0.1, -0.05) is 20.8 Å². The largest absolute Gasteiger partial charge is 0.462 e. The van der Waals surface area contributed by atoms with Gasteiger partial charge >= 0.3 is 11.9 Å². The Kier molecular flexibility index (Phi) is 4.90. The van der Waals surface area contributed by atoms with Crippen LogP contribution in [0.1, 0.15) is 86.0 Å². The average Bonchev–Trinajstić information content (AvgIpc) is 3.02. The van der Waals surface area contributed by atoms with E-state index in [0.717, 1.165) is 44.9 Å². The molecule has 0 aromatic carbocycles. The standard InChI is InChI=1S/C24H36O5/c1-14(25)28-16-8-11-23(4)19-9-10-22(3)18(6-7-21(22)29-15(2)26)17(19)13-24(23,5)20(27)12-16/h16-19,21H,6-13H2,1-5H3/t16-,17+,18-,19-,21+,22-,23-,24-/m1/s1. The molecule has 162 valence electrons. The molecule has 0 aromatic heterocycles. The number of ether oxygens (including phenoxy) is 2. The van der Waals surface area contributed by atoms with Crippen molar-refractivity contribution in [2.45, 2.75) is 98.2 Å². The van der Waals surface area contributed by atoms with Crippen LogP contribution in [0.2, 0.25) is 0 Å². The summed E-state index contributed by atoms with van der Waals surface area (Å²) in [6, 6.07) is 0. The number of Topliss-reactive ketones (excluding diaryl/α,β-unsaturated/α-hetero) is 1. The summed E-state index contributed by atoms with van der Waals surface area (Å²) >= 11 is 0. The van der Waals surface area contributed by atoms with Gasteiger partial charge in [0.25, 0.3) is 0 Å². The first kappa shape index (κ1) is 20.9. The monoisotopic (exact) mass is 404 g/mol. The Morgan fingerprint density at radius 2 is 1.59 bits per heavy atom. The second kappa shape index (κ2) is 6.81. The first-order chi connectivity index (χ1) is 13.5. The SMILES string of the molecule is CC(=O)O[C@@H]1CC[C@]2(C)[C@@H]3CC[C@@]4(C)[C@@H](OC(C)=O)CC[C@@H]4[C@@H]3C[C@]2(C)C(=O)C1. The van der Waals surface area contributed by atoms with E-state index in [0.29, 0.717) is 24.2 Å². The molecule has 0 saturated heterocycles. The van der Waals surface area contributed by atoms with E-state index in [2.05, 4.69) is 20.8 Å². The molecular formula is C24H36O5. The van der Waals surface area contributed by atoms with E-state index in [1.807, 2.05) is 0 Å². The van der Waals surface area contributed by atoms with E-state index < -0.39 is 0 Å². The molecule has 8 atom stereocenters. The lowest BCUT2D eigenvalue weighted by molar-refractivity contribution is -0.155. The van der Waals surface area contributed by atoms with Crippen molar-refractivity contribution in [3.05, 3.63) is 0 Å². The van der Waals surface area contributed by atoms with Crippen LogP contribution in [-0.2, 0) is 23.9 Å². The summed E-state index contributed by atoms with van der Waals surface area (Å²) in [5.41, 5.74) is -0.376. The Labute approximate surface area is 174 Å². The van der Waals surface area contributed by atoms with Crippen molar-refractivity contribution in [1.82, 2.24) is 0 Å². The fourth-order valence-electron chi connectivity index (χ4n) is 8.05. The van der Waals surface area contributed by atoms with E-state index in [4.69, 9.17) is 9.47 Å². The summed E-state index contributed by atoms with van der Waals surface area (Å²) in [5.74, 6) is 1.35. The van der Waals surface area contributed by atoms with Crippen LogP contribution in [0, 0.1) is 34.0 Å². The maximum absolute atomic E-state index is 13.5. The van der Waals surface area contributed by atoms with Crippen LogP contribution in [0.3, 0.4) is 0 Å². The highest BCUT2D eigenvalue weighted by atomic mass is 16.5. The van der Waals surface area contributed by atoms with E-state index >= 15 is 0 Å². The molecule has 0 N–H and O–H groups in total.